The highest BCUT2D eigenvalue weighted by molar-refractivity contribution is 8.18. The molecule has 2 saturated heterocycles. The Morgan fingerprint density at radius 3 is 2.64 bits per heavy atom. The lowest BCUT2D eigenvalue weighted by Crippen LogP contribution is -2.49. The molecule has 1 atom stereocenters. The molecule has 2 aliphatic heterocycles. The van der Waals surface area contributed by atoms with Crippen LogP contribution >= 0.6 is 11.8 Å². The summed E-state index contributed by atoms with van der Waals surface area (Å²) in [6.45, 7) is 7.60. The van der Waals surface area contributed by atoms with Gasteiger partial charge in [-0.3, -0.25) is 14.9 Å². The van der Waals surface area contributed by atoms with Crippen LogP contribution in [0.25, 0.3) is 6.08 Å². The summed E-state index contributed by atoms with van der Waals surface area (Å²) in [7, 11) is 0. The number of thioether (sulfide) groups is 1. The molecule has 3 fully saturated rings. The first kappa shape index (κ1) is 26.4. The van der Waals surface area contributed by atoms with E-state index in [4.69, 9.17) is 9.47 Å². The third-order valence-corrected chi connectivity index (χ3v) is 7.43. The lowest BCUT2D eigenvalue weighted by molar-refractivity contribution is -0.115. The van der Waals surface area contributed by atoms with Crippen LogP contribution in [0.15, 0.2) is 23.1 Å². The van der Waals surface area contributed by atoms with Gasteiger partial charge < -0.3 is 19.7 Å². The average Bonchev–Trinajstić information content (AvgIpc) is 3.13. The van der Waals surface area contributed by atoms with E-state index in [1.54, 1.807) is 6.08 Å². The molecule has 36 heavy (non-hydrogen) atoms. The number of hydrogen-bond donors (Lipinski definition) is 2. The number of carbonyl (C=O) groups excluding carboxylic acids is 3. The zero-order chi connectivity index (χ0) is 25.7. The van der Waals surface area contributed by atoms with Crippen molar-refractivity contribution in [2.45, 2.75) is 77.4 Å². The third kappa shape index (κ3) is 7.18. The Kier molecular flexibility index (Phi) is 8.49. The maximum absolute atomic E-state index is 12.4. The van der Waals surface area contributed by atoms with Gasteiger partial charge >= 0.3 is 6.09 Å². The minimum Gasteiger partial charge on any atom is -0.491 e. The van der Waals surface area contributed by atoms with Crippen molar-refractivity contribution in [2.75, 3.05) is 24.6 Å². The zero-order valence-corrected chi connectivity index (χ0v) is 22.2. The molecule has 1 aromatic carbocycles. The predicted octanol–water partition coefficient (Wildman–Crippen LogP) is 5.46. The standard InChI is InChI=1S/C27H37N3O5S/c1-27(2,3)35-25(32)28-20-12-8-14-30(16-20)23-19(15-22-24(31)29-26(33)36-22)11-7-13-21(23)34-17-18-9-5-4-6-10-18/h7,11,13,15,18,20H,4-6,8-10,12,14,16-17H2,1-3H3,(H,28,32)(H,29,31,33)/t20-/m1/s1. The molecule has 3 amide bonds. The van der Waals surface area contributed by atoms with E-state index < -0.39 is 11.7 Å². The van der Waals surface area contributed by atoms with Crippen molar-refractivity contribution in [3.8, 4) is 5.75 Å². The smallest absolute Gasteiger partial charge is 0.407 e. The van der Waals surface area contributed by atoms with Crippen molar-refractivity contribution in [1.82, 2.24) is 10.6 Å². The molecule has 9 heteroatoms. The van der Waals surface area contributed by atoms with Crippen LogP contribution in [-0.2, 0) is 9.53 Å². The van der Waals surface area contributed by atoms with Crippen molar-refractivity contribution in [1.29, 1.82) is 0 Å². The molecule has 2 heterocycles. The number of imide groups is 1. The highest BCUT2D eigenvalue weighted by Gasteiger charge is 2.29. The molecule has 1 aromatic rings. The van der Waals surface area contributed by atoms with E-state index >= 15 is 0 Å². The van der Waals surface area contributed by atoms with Gasteiger partial charge in [0.15, 0.2) is 0 Å². The van der Waals surface area contributed by atoms with E-state index in [-0.39, 0.29) is 17.2 Å². The highest BCUT2D eigenvalue weighted by Crippen LogP contribution is 2.38. The molecule has 0 bridgehead atoms. The first-order valence-electron chi connectivity index (χ1n) is 12.9. The highest BCUT2D eigenvalue weighted by atomic mass is 32.2. The van der Waals surface area contributed by atoms with Crippen molar-refractivity contribution < 1.29 is 23.9 Å². The van der Waals surface area contributed by atoms with Gasteiger partial charge in [0.2, 0.25) is 0 Å². The second-order valence-electron chi connectivity index (χ2n) is 10.8. The quantitative estimate of drug-likeness (QED) is 0.485. The topological polar surface area (TPSA) is 97.0 Å². The second kappa shape index (κ2) is 11.6. The number of piperidine rings is 1. The molecule has 0 spiro atoms. The van der Waals surface area contributed by atoms with Crippen LogP contribution in [-0.4, -0.2) is 48.6 Å². The van der Waals surface area contributed by atoms with Gasteiger partial charge in [-0.25, -0.2) is 4.79 Å². The lowest BCUT2D eigenvalue weighted by Gasteiger charge is -2.37. The van der Waals surface area contributed by atoms with Gasteiger partial charge in [-0.05, 0) is 76.3 Å². The summed E-state index contributed by atoms with van der Waals surface area (Å²) in [4.78, 5) is 39.0. The molecule has 2 N–H and O–H groups in total. The van der Waals surface area contributed by atoms with Gasteiger partial charge in [0.05, 0.1) is 17.2 Å². The van der Waals surface area contributed by atoms with Crippen LogP contribution in [0.2, 0.25) is 0 Å². The maximum atomic E-state index is 12.4. The predicted molar refractivity (Wildman–Crippen MR) is 142 cm³/mol. The van der Waals surface area contributed by atoms with Gasteiger partial charge in [0, 0.05) is 24.7 Å². The van der Waals surface area contributed by atoms with Crippen molar-refractivity contribution in [3.63, 3.8) is 0 Å². The molecule has 0 aromatic heterocycles. The van der Waals surface area contributed by atoms with Crippen LogP contribution in [0.4, 0.5) is 15.3 Å². The Morgan fingerprint density at radius 2 is 1.94 bits per heavy atom. The first-order valence-corrected chi connectivity index (χ1v) is 13.7. The summed E-state index contributed by atoms with van der Waals surface area (Å²) in [5.41, 5.74) is 1.15. The van der Waals surface area contributed by atoms with Gasteiger partial charge in [-0.2, -0.15) is 0 Å². The molecule has 1 aliphatic carbocycles. The number of nitrogens with one attached hydrogen (secondary N) is 2. The minimum absolute atomic E-state index is 0.0776. The maximum Gasteiger partial charge on any atom is 0.407 e. The van der Waals surface area contributed by atoms with Crippen molar-refractivity contribution in [2.24, 2.45) is 5.92 Å². The van der Waals surface area contributed by atoms with Crippen LogP contribution in [0, 0.1) is 5.92 Å². The molecule has 1 saturated carbocycles. The van der Waals surface area contributed by atoms with Gasteiger partial charge in [0.25, 0.3) is 11.1 Å². The Bertz CT molecular complexity index is 1010. The number of ether oxygens (including phenoxy) is 2. The fourth-order valence-corrected chi connectivity index (χ4v) is 5.68. The number of hydrogen-bond acceptors (Lipinski definition) is 7. The van der Waals surface area contributed by atoms with E-state index in [1.165, 1.54) is 32.1 Å². The van der Waals surface area contributed by atoms with E-state index in [0.717, 1.165) is 48.1 Å². The molecule has 196 valence electrons. The third-order valence-electron chi connectivity index (χ3n) is 6.62. The molecular formula is C27H37N3O5S. The Morgan fingerprint density at radius 1 is 1.17 bits per heavy atom. The van der Waals surface area contributed by atoms with Crippen LogP contribution < -0.4 is 20.3 Å². The number of benzene rings is 1. The van der Waals surface area contributed by atoms with Crippen LogP contribution in [0.3, 0.4) is 0 Å². The summed E-state index contributed by atoms with van der Waals surface area (Å²) in [6.07, 6.45) is 9.24. The summed E-state index contributed by atoms with van der Waals surface area (Å²) in [6, 6.07) is 5.76. The number of carbonyl (C=O) groups is 3. The summed E-state index contributed by atoms with van der Waals surface area (Å²) in [5.74, 6) is 0.931. The molecular weight excluding hydrogens is 478 g/mol. The van der Waals surface area contributed by atoms with E-state index in [2.05, 4.69) is 15.5 Å². The molecule has 0 radical (unpaired) electrons. The van der Waals surface area contributed by atoms with Gasteiger partial charge in [-0.1, -0.05) is 31.4 Å². The fourth-order valence-electron chi connectivity index (χ4n) is 5.01. The van der Waals surface area contributed by atoms with E-state index in [0.29, 0.717) is 24.0 Å². The fraction of sp³-hybridized carbons (Fsp3) is 0.593. The van der Waals surface area contributed by atoms with Crippen LogP contribution in [0.5, 0.6) is 5.75 Å². The second-order valence-corrected chi connectivity index (χ2v) is 11.8. The van der Waals surface area contributed by atoms with Crippen LogP contribution in [0.1, 0.15) is 71.3 Å². The SMILES string of the molecule is CC(C)(C)OC(=O)N[C@@H]1CCCN(c2c(C=C3SC(=O)NC3=O)cccc2OCC2CCCCC2)C1. The average molecular weight is 516 g/mol. The summed E-state index contributed by atoms with van der Waals surface area (Å²) in [5, 5.41) is 4.97. The van der Waals surface area contributed by atoms with Crippen molar-refractivity contribution in [3.05, 3.63) is 28.7 Å². The van der Waals surface area contributed by atoms with Crippen molar-refractivity contribution >= 4 is 40.8 Å². The van der Waals surface area contributed by atoms with E-state index in [1.807, 2.05) is 39.0 Å². The Hall–Kier alpha value is -2.68. The zero-order valence-electron chi connectivity index (χ0n) is 21.4. The number of para-hydroxylation sites is 1. The first-order chi connectivity index (χ1) is 17.2. The molecule has 8 nitrogen and oxygen atoms in total. The number of nitrogens with zero attached hydrogens (tertiary/aromatic N) is 1. The number of alkyl carbamates (subject to hydrolysis) is 1. The Labute approximate surface area is 217 Å². The largest absolute Gasteiger partial charge is 0.491 e. The number of amides is 3. The summed E-state index contributed by atoms with van der Waals surface area (Å²) < 4.78 is 11.9. The minimum atomic E-state index is -0.561. The Balaban J connectivity index is 1.58. The summed E-state index contributed by atoms with van der Waals surface area (Å²) >= 11 is 0.909. The molecule has 4 rings (SSSR count). The normalized spacial score (nSPS) is 22.5. The number of rotatable bonds is 6. The van der Waals surface area contributed by atoms with Gasteiger partial charge in [0.1, 0.15) is 11.4 Å². The molecule has 0 unspecified atom stereocenters. The molecule has 3 aliphatic rings. The monoisotopic (exact) mass is 515 g/mol. The van der Waals surface area contributed by atoms with E-state index in [9.17, 15) is 14.4 Å². The van der Waals surface area contributed by atoms with Gasteiger partial charge in [-0.15, -0.1) is 0 Å². The lowest BCUT2D eigenvalue weighted by atomic mass is 9.90. The number of anilines is 1.